The van der Waals surface area contributed by atoms with Crippen LogP contribution in [-0.4, -0.2) is 44.4 Å². The lowest BCUT2D eigenvalue weighted by Crippen LogP contribution is -2.52. The Balaban J connectivity index is 2.73. The molecule has 20 heavy (non-hydrogen) atoms. The molecule has 0 aromatic rings. The number of hydrogen-bond acceptors (Lipinski definition) is 5. The Morgan fingerprint density at radius 2 is 2.05 bits per heavy atom. The van der Waals surface area contributed by atoms with E-state index >= 15 is 0 Å². The molecule has 8 heteroatoms. The van der Waals surface area contributed by atoms with E-state index in [1.807, 2.05) is 0 Å². The van der Waals surface area contributed by atoms with E-state index in [9.17, 15) is 23.1 Å². The maximum absolute atomic E-state index is 11.9. The average Bonchev–Trinajstić information content (AvgIpc) is 2.38. The van der Waals surface area contributed by atoms with Crippen LogP contribution >= 0.6 is 0 Å². The van der Waals surface area contributed by atoms with E-state index in [4.69, 9.17) is 0 Å². The highest BCUT2D eigenvalue weighted by molar-refractivity contribution is 7.89. The van der Waals surface area contributed by atoms with Crippen LogP contribution in [0.1, 0.15) is 39.0 Å². The van der Waals surface area contributed by atoms with Gasteiger partial charge in [-0.2, -0.15) is 0 Å². The zero-order valence-corrected chi connectivity index (χ0v) is 12.5. The van der Waals surface area contributed by atoms with Gasteiger partial charge in [0.25, 0.3) is 0 Å². The Morgan fingerprint density at radius 1 is 1.40 bits per heavy atom. The molecule has 0 radical (unpaired) electrons. The number of sulfonamides is 1. The van der Waals surface area contributed by atoms with E-state index in [0.29, 0.717) is 12.8 Å². The maximum atomic E-state index is 11.9. The largest absolute Gasteiger partial charge is 0.481 e. The molecule has 0 saturated heterocycles. The van der Waals surface area contributed by atoms with Crippen LogP contribution in [0, 0.1) is 5.41 Å². The summed E-state index contributed by atoms with van der Waals surface area (Å²) in [6, 6.07) is -0.642. The second kappa shape index (κ2) is 6.53. The SMILES string of the molecule is COC(=O)CCS(=O)(=O)NC1CCCCC1(C)C(=O)O. The molecule has 7 nitrogen and oxygen atoms in total. The van der Waals surface area contributed by atoms with Crippen LogP contribution in [0.5, 0.6) is 0 Å². The molecule has 1 aliphatic rings. The number of esters is 1. The van der Waals surface area contributed by atoms with Gasteiger partial charge >= 0.3 is 11.9 Å². The van der Waals surface area contributed by atoms with E-state index < -0.39 is 39.2 Å². The summed E-state index contributed by atoms with van der Waals surface area (Å²) in [6.45, 7) is 1.56. The average molecular weight is 307 g/mol. The van der Waals surface area contributed by atoms with E-state index in [-0.39, 0.29) is 6.42 Å². The molecule has 0 heterocycles. The van der Waals surface area contributed by atoms with Gasteiger partial charge in [-0.1, -0.05) is 12.8 Å². The van der Waals surface area contributed by atoms with Gasteiger partial charge in [0.2, 0.25) is 10.0 Å². The molecular formula is C12H21NO6S. The summed E-state index contributed by atoms with van der Waals surface area (Å²) < 4.78 is 30.7. The molecule has 1 saturated carbocycles. The predicted octanol–water partition coefficient (Wildman–Crippen LogP) is 0.502. The lowest BCUT2D eigenvalue weighted by Gasteiger charge is -2.38. The van der Waals surface area contributed by atoms with Gasteiger partial charge < -0.3 is 9.84 Å². The third kappa shape index (κ3) is 4.17. The highest BCUT2D eigenvalue weighted by Gasteiger charge is 2.44. The third-order valence-corrected chi connectivity index (χ3v) is 5.21. The van der Waals surface area contributed by atoms with Gasteiger partial charge in [0.1, 0.15) is 0 Å². The number of nitrogens with one attached hydrogen (secondary N) is 1. The molecule has 2 atom stereocenters. The lowest BCUT2D eigenvalue weighted by molar-refractivity contribution is -0.151. The van der Waals surface area contributed by atoms with E-state index in [0.717, 1.165) is 12.8 Å². The number of carbonyl (C=O) groups is 2. The van der Waals surface area contributed by atoms with Crippen molar-refractivity contribution in [1.82, 2.24) is 4.72 Å². The van der Waals surface area contributed by atoms with Gasteiger partial charge in [0.05, 0.1) is 24.7 Å². The number of carbonyl (C=O) groups excluding carboxylic acids is 1. The van der Waals surface area contributed by atoms with Crippen LogP contribution in [0.3, 0.4) is 0 Å². The third-order valence-electron chi connectivity index (χ3n) is 3.82. The van der Waals surface area contributed by atoms with Crippen molar-refractivity contribution in [3.05, 3.63) is 0 Å². The number of methoxy groups -OCH3 is 1. The molecule has 116 valence electrons. The Labute approximate surface area is 118 Å². The second-order valence-electron chi connectivity index (χ2n) is 5.28. The predicted molar refractivity (Wildman–Crippen MR) is 71.6 cm³/mol. The van der Waals surface area contributed by atoms with Gasteiger partial charge in [-0.05, 0) is 19.8 Å². The Morgan fingerprint density at radius 3 is 2.60 bits per heavy atom. The van der Waals surface area contributed by atoms with Crippen molar-refractivity contribution in [3.8, 4) is 0 Å². The van der Waals surface area contributed by atoms with Gasteiger partial charge in [-0.3, -0.25) is 9.59 Å². The fourth-order valence-corrected chi connectivity index (χ4v) is 3.74. The van der Waals surface area contributed by atoms with Crippen molar-refractivity contribution in [1.29, 1.82) is 0 Å². The maximum Gasteiger partial charge on any atom is 0.310 e. The summed E-state index contributed by atoms with van der Waals surface area (Å²) in [7, 11) is -2.52. The van der Waals surface area contributed by atoms with Gasteiger partial charge in [0, 0.05) is 6.04 Å². The molecule has 0 aromatic heterocycles. The fourth-order valence-electron chi connectivity index (χ4n) is 2.37. The number of carboxylic acid groups (broad SMARTS) is 1. The number of carboxylic acids is 1. The number of ether oxygens (including phenoxy) is 1. The summed E-state index contributed by atoms with van der Waals surface area (Å²) >= 11 is 0. The molecule has 0 aliphatic heterocycles. The van der Waals surface area contributed by atoms with Crippen LogP contribution in [0.4, 0.5) is 0 Å². The van der Waals surface area contributed by atoms with Crippen LogP contribution in [0.15, 0.2) is 0 Å². The molecule has 0 spiro atoms. The molecule has 0 bridgehead atoms. The van der Waals surface area contributed by atoms with Crippen molar-refractivity contribution in [2.45, 2.75) is 45.1 Å². The first-order valence-corrected chi connectivity index (χ1v) is 8.17. The molecule has 1 rings (SSSR count). The Kier molecular flexibility index (Phi) is 5.52. The topological polar surface area (TPSA) is 110 Å². The van der Waals surface area contributed by atoms with Crippen molar-refractivity contribution in [2.75, 3.05) is 12.9 Å². The van der Waals surface area contributed by atoms with Crippen LogP contribution in [-0.2, 0) is 24.3 Å². The first-order valence-electron chi connectivity index (χ1n) is 6.51. The van der Waals surface area contributed by atoms with Gasteiger partial charge in [-0.25, -0.2) is 13.1 Å². The summed E-state index contributed by atoms with van der Waals surface area (Å²) in [6.07, 6.45) is 2.23. The summed E-state index contributed by atoms with van der Waals surface area (Å²) in [5, 5.41) is 9.31. The minimum absolute atomic E-state index is 0.248. The summed E-state index contributed by atoms with van der Waals surface area (Å²) in [5.41, 5.74) is -1.10. The van der Waals surface area contributed by atoms with E-state index in [1.165, 1.54) is 7.11 Å². The monoisotopic (exact) mass is 307 g/mol. The molecule has 0 aromatic carbocycles. The Bertz CT molecular complexity index is 474. The lowest BCUT2D eigenvalue weighted by atomic mass is 9.72. The minimum atomic E-state index is -3.71. The number of hydrogen-bond donors (Lipinski definition) is 2. The summed E-state index contributed by atoms with van der Waals surface area (Å²) in [4.78, 5) is 22.4. The van der Waals surface area contributed by atoms with Crippen LogP contribution < -0.4 is 4.72 Å². The molecule has 0 amide bonds. The van der Waals surface area contributed by atoms with Crippen molar-refractivity contribution < 1.29 is 27.9 Å². The molecule has 1 aliphatic carbocycles. The number of rotatable bonds is 6. The highest BCUT2D eigenvalue weighted by atomic mass is 32.2. The molecule has 2 N–H and O–H groups in total. The standard InChI is InChI=1S/C12H21NO6S/c1-12(11(15)16)7-4-3-5-9(12)13-20(17,18)8-6-10(14)19-2/h9,13H,3-8H2,1-2H3,(H,15,16). The van der Waals surface area contributed by atoms with Crippen LogP contribution in [0.25, 0.3) is 0 Å². The molecule has 2 unspecified atom stereocenters. The minimum Gasteiger partial charge on any atom is -0.481 e. The van der Waals surface area contributed by atoms with Gasteiger partial charge in [-0.15, -0.1) is 0 Å². The smallest absolute Gasteiger partial charge is 0.310 e. The van der Waals surface area contributed by atoms with Crippen LogP contribution in [0.2, 0.25) is 0 Å². The molecule has 1 fully saturated rings. The van der Waals surface area contributed by atoms with Gasteiger partial charge in [0.15, 0.2) is 0 Å². The quantitative estimate of drug-likeness (QED) is 0.692. The van der Waals surface area contributed by atoms with E-state index in [1.54, 1.807) is 6.92 Å². The fraction of sp³-hybridized carbons (Fsp3) is 0.833. The Hall–Kier alpha value is -1.15. The number of aliphatic carboxylic acids is 1. The first kappa shape index (κ1) is 16.9. The van der Waals surface area contributed by atoms with E-state index in [2.05, 4.69) is 9.46 Å². The van der Waals surface area contributed by atoms with Crippen molar-refractivity contribution in [2.24, 2.45) is 5.41 Å². The van der Waals surface area contributed by atoms with Crippen molar-refractivity contribution >= 4 is 22.0 Å². The zero-order valence-electron chi connectivity index (χ0n) is 11.7. The zero-order chi connectivity index (χ0) is 15.4. The second-order valence-corrected chi connectivity index (χ2v) is 7.16. The first-order chi connectivity index (χ1) is 9.21. The highest BCUT2D eigenvalue weighted by Crippen LogP contribution is 2.36. The van der Waals surface area contributed by atoms with Crippen molar-refractivity contribution in [3.63, 3.8) is 0 Å². The summed E-state index contributed by atoms with van der Waals surface area (Å²) in [5.74, 6) is -2.01. The molecular weight excluding hydrogens is 286 g/mol. The normalized spacial score (nSPS) is 27.0.